The van der Waals surface area contributed by atoms with E-state index in [0.29, 0.717) is 0 Å². The Balaban J connectivity index is 1.82. The Labute approximate surface area is 102 Å². The first-order valence-corrected chi connectivity index (χ1v) is 7.06. The van der Waals surface area contributed by atoms with Crippen molar-refractivity contribution in [2.45, 2.75) is 6.10 Å². The van der Waals surface area contributed by atoms with Crippen LogP contribution in [-0.4, -0.2) is 24.7 Å². The van der Waals surface area contributed by atoms with E-state index < -0.39 is 0 Å². The predicted octanol–water partition coefficient (Wildman–Crippen LogP) is 2.53. The van der Waals surface area contributed by atoms with Crippen LogP contribution in [0.5, 0.6) is 0 Å². The van der Waals surface area contributed by atoms with Crippen molar-refractivity contribution in [2.75, 3.05) is 19.7 Å². The maximum atomic E-state index is 5.68. The number of morpholine rings is 1. The van der Waals surface area contributed by atoms with Gasteiger partial charge in [0.1, 0.15) is 11.1 Å². The zero-order valence-corrected chi connectivity index (χ0v) is 10.3. The van der Waals surface area contributed by atoms with Crippen molar-refractivity contribution in [2.24, 2.45) is 0 Å². The first kappa shape index (κ1) is 10.4. The normalized spacial score (nSPS) is 21.1. The monoisotopic (exact) mass is 252 g/mol. The molecule has 1 N–H and O–H groups in total. The molecule has 3 nitrogen and oxygen atoms in total. The van der Waals surface area contributed by atoms with Crippen LogP contribution in [0.3, 0.4) is 0 Å². The molecule has 0 radical (unpaired) electrons. The summed E-state index contributed by atoms with van der Waals surface area (Å²) in [5.41, 5.74) is 2.27. The van der Waals surface area contributed by atoms with Crippen molar-refractivity contribution >= 4 is 22.7 Å². The largest absolute Gasteiger partial charge is 0.368 e. The van der Waals surface area contributed by atoms with E-state index in [1.165, 1.54) is 5.56 Å². The number of nitrogens with zero attached hydrogens (tertiary/aromatic N) is 1. The summed E-state index contributed by atoms with van der Waals surface area (Å²) in [6.45, 7) is 2.59. The zero-order chi connectivity index (χ0) is 10.8. The van der Waals surface area contributed by atoms with Crippen molar-refractivity contribution in [1.29, 1.82) is 0 Å². The Morgan fingerprint density at radius 2 is 2.44 bits per heavy atom. The van der Waals surface area contributed by atoms with E-state index in [1.54, 1.807) is 22.7 Å². The van der Waals surface area contributed by atoms with Crippen LogP contribution < -0.4 is 5.32 Å². The summed E-state index contributed by atoms with van der Waals surface area (Å²) in [4.78, 5) is 4.64. The number of hydrogen-bond acceptors (Lipinski definition) is 5. The Hall–Kier alpha value is -0.750. The van der Waals surface area contributed by atoms with Gasteiger partial charge in [-0.1, -0.05) is 0 Å². The smallest absolute Gasteiger partial charge is 0.124 e. The molecule has 2 aromatic rings. The van der Waals surface area contributed by atoms with Crippen LogP contribution in [0.4, 0.5) is 0 Å². The van der Waals surface area contributed by atoms with Gasteiger partial charge in [-0.05, 0) is 11.4 Å². The van der Waals surface area contributed by atoms with Gasteiger partial charge >= 0.3 is 0 Å². The predicted molar refractivity (Wildman–Crippen MR) is 67.0 cm³/mol. The molecule has 1 saturated heterocycles. The van der Waals surface area contributed by atoms with Gasteiger partial charge in [-0.3, -0.25) is 0 Å². The molecule has 1 unspecified atom stereocenters. The van der Waals surface area contributed by atoms with Crippen LogP contribution in [0, 0.1) is 0 Å². The summed E-state index contributed by atoms with van der Waals surface area (Å²) in [7, 11) is 0. The molecule has 0 aliphatic carbocycles. The molecule has 0 amide bonds. The zero-order valence-electron chi connectivity index (χ0n) is 8.68. The van der Waals surface area contributed by atoms with Crippen molar-refractivity contribution in [3.63, 3.8) is 0 Å². The molecule has 0 aromatic carbocycles. The highest BCUT2D eigenvalue weighted by molar-refractivity contribution is 7.10. The van der Waals surface area contributed by atoms with Crippen LogP contribution in [0.2, 0.25) is 0 Å². The molecule has 1 aliphatic rings. The quantitative estimate of drug-likeness (QED) is 0.892. The lowest BCUT2D eigenvalue weighted by Crippen LogP contribution is -2.33. The third-order valence-electron chi connectivity index (χ3n) is 2.54. The molecule has 3 heterocycles. The summed E-state index contributed by atoms with van der Waals surface area (Å²) in [5, 5.41) is 10.7. The molecular weight excluding hydrogens is 240 g/mol. The van der Waals surface area contributed by atoms with Crippen LogP contribution >= 0.6 is 22.7 Å². The molecule has 16 heavy (non-hydrogen) atoms. The molecule has 3 rings (SSSR count). The molecule has 84 valence electrons. The SMILES string of the molecule is c1cc(-c2csc(C3CNCCO3)n2)cs1. The minimum atomic E-state index is 0.131. The fourth-order valence-corrected chi connectivity index (χ4v) is 3.23. The average molecular weight is 252 g/mol. The Morgan fingerprint density at radius 1 is 1.44 bits per heavy atom. The van der Waals surface area contributed by atoms with Crippen LogP contribution in [-0.2, 0) is 4.74 Å². The minimum Gasteiger partial charge on any atom is -0.368 e. The number of hydrogen-bond donors (Lipinski definition) is 1. The Kier molecular flexibility index (Phi) is 3.01. The van der Waals surface area contributed by atoms with Gasteiger partial charge in [-0.15, -0.1) is 11.3 Å². The fourth-order valence-electron chi connectivity index (χ4n) is 1.70. The van der Waals surface area contributed by atoms with Crippen molar-refractivity contribution in [1.82, 2.24) is 10.3 Å². The Morgan fingerprint density at radius 3 is 3.19 bits per heavy atom. The fraction of sp³-hybridized carbons (Fsp3) is 0.364. The highest BCUT2D eigenvalue weighted by Crippen LogP contribution is 2.28. The van der Waals surface area contributed by atoms with Crippen LogP contribution in [0.15, 0.2) is 22.2 Å². The topological polar surface area (TPSA) is 34.1 Å². The standard InChI is InChI=1S/C11H12N2OS2/c1-4-15-6-8(1)9-7-16-11(13-9)10-5-12-2-3-14-10/h1,4,6-7,10,12H,2-3,5H2. The van der Waals surface area contributed by atoms with Crippen molar-refractivity contribution < 1.29 is 4.74 Å². The number of aromatic nitrogens is 1. The second-order valence-corrected chi connectivity index (χ2v) is 5.32. The van der Waals surface area contributed by atoms with E-state index in [-0.39, 0.29) is 6.10 Å². The molecule has 1 fully saturated rings. The van der Waals surface area contributed by atoms with Gasteiger partial charge in [0, 0.05) is 29.4 Å². The molecule has 1 aliphatic heterocycles. The maximum Gasteiger partial charge on any atom is 0.124 e. The van der Waals surface area contributed by atoms with Gasteiger partial charge in [0.25, 0.3) is 0 Å². The van der Waals surface area contributed by atoms with E-state index in [1.807, 2.05) is 0 Å². The second kappa shape index (κ2) is 4.63. The Bertz CT molecular complexity index is 446. The van der Waals surface area contributed by atoms with E-state index >= 15 is 0 Å². The summed E-state index contributed by atoms with van der Waals surface area (Å²) in [6.07, 6.45) is 0.131. The van der Waals surface area contributed by atoms with E-state index in [4.69, 9.17) is 4.74 Å². The van der Waals surface area contributed by atoms with Gasteiger partial charge in [-0.25, -0.2) is 4.98 Å². The number of thiazole rings is 1. The summed E-state index contributed by atoms with van der Waals surface area (Å²) in [6, 6.07) is 2.10. The molecule has 0 bridgehead atoms. The number of thiophene rings is 1. The molecule has 1 atom stereocenters. The first-order chi connectivity index (χ1) is 7.93. The summed E-state index contributed by atoms with van der Waals surface area (Å²) < 4.78 is 5.68. The highest BCUT2D eigenvalue weighted by atomic mass is 32.1. The van der Waals surface area contributed by atoms with Gasteiger partial charge in [0.2, 0.25) is 0 Å². The van der Waals surface area contributed by atoms with Gasteiger partial charge < -0.3 is 10.1 Å². The summed E-state index contributed by atoms with van der Waals surface area (Å²) in [5.74, 6) is 0. The molecule has 0 spiro atoms. The second-order valence-electron chi connectivity index (χ2n) is 3.65. The number of rotatable bonds is 2. The van der Waals surface area contributed by atoms with Gasteiger partial charge in [0.05, 0.1) is 12.3 Å². The van der Waals surface area contributed by atoms with Crippen molar-refractivity contribution in [3.8, 4) is 11.3 Å². The van der Waals surface area contributed by atoms with Crippen LogP contribution in [0.1, 0.15) is 11.1 Å². The third kappa shape index (κ3) is 2.04. The van der Waals surface area contributed by atoms with Gasteiger partial charge in [-0.2, -0.15) is 11.3 Å². The lowest BCUT2D eigenvalue weighted by molar-refractivity contribution is 0.0276. The van der Waals surface area contributed by atoms with E-state index in [9.17, 15) is 0 Å². The van der Waals surface area contributed by atoms with Gasteiger partial charge in [0.15, 0.2) is 0 Å². The third-order valence-corrected chi connectivity index (χ3v) is 4.16. The molecular formula is C11H12N2OS2. The number of nitrogens with one attached hydrogen (secondary N) is 1. The molecule has 0 saturated carbocycles. The summed E-state index contributed by atoms with van der Waals surface area (Å²) >= 11 is 3.38. The maximum absolute atomic E-state index is 5.68. The highest BCUT2D eigenvalue weighted by Gasteiger charge is 2.19. The average Bonchev–Trinajstić information content (AvgIpc) is 3.01. The van der Waals surface area contributed by atoms with Crippen LogP contribution in [0.25, 0.3) is 11.3 Å². The first-order valence-electron chi connectivity index (χ1n) is 5.24. The minimum absolute atomic E-state index is 0.131. The van der Waals surface area contributed by atoms with E-state index in [0.717, 1.165) is 30.4 Å². The lowest BCUT2D eigenvalue weighted by Gasteiger charge is -2.21. The number of ether oxygens (including phenoxy) is 1. The van der Waals surface area contributed by atoms with Crippen molar-refractivity contribution in [3.05, 3.63) is 27.2 Å². The van der Waals surface area contributed by atoms with E-state index in [2.05, 4.69) is 32.5 Å². The molecule has 5 heteroatoms. The molecule has 2 aromatic heterocycles. The lowest BCUT2D eigenvalue weighted by atomic mass is 10.3.